The Morgan fingerprint density at radius 1 is 1.60 bits per heavy atom. The van der Waals surface area contributed by atoms with Crippen LogP contribution in [0.5, 0.6) is 0 Å². The van der Waals surface area contributed by atoms with Crippen LogP contribution in [0.4, 0.5) is 0 Å². The molecule has 1 aromatic heterocycles. The van der Waals surface area contributed by atoms with Crippen LogP contribution in [0.1, 0.15) is 25.3 Å². The maximum atomic E-state index is 5.94. The summed E-state index contributed by atoms with van der Waals surface area (Å²) in [6.07, 6.45) is 0. The van der Waals surface area contributed by atoms with E-state index < -0.39 is 4.87 Å². The molecule has 10 heavy (non-hydrogen) atoms. The molecule has 0 saturated heterocycles. The number of halogens is 1. The van der Waals surface area contributed by atoms with Gasteiger partial charge >= 0.3 is 0 Å². The van der Waals surface area contributed by atoms with E-state index in [0.717, 1.165) is 5.69 Å². The lowest BCUT2D eigenvalue weighted by atomic mass is 10.1. The van der Waals surface area contributed by atoms with Gasteiger partial charge in [0.2, 0.25) is 0 Å². The summed E-state index contributed by atoms with van der Waals surface area (Å²) in [5.74, 6) is 0.715. The smallest absolute Gasteiger partial charge is 0.157 e. The Hall–Kier alpha value is -0.500. The Labute approximate surface area is 65.2 Å². The highest BCUT2D eigenvalue weighted by Crippen LogP contribution is 2.27. The third-order valence-corrected chi connectivity index (χ3v) is 1.40. The van der Waals surface area contributed by atoms with Gasteiger partial charge in [0.1, 0.15) is 0 Å². The van der Waals surface area contributed by atoms with Crippen LogP contribution in [-0.2, 0) is 4.87 Å². The number of nitrogens with zero attached hydrogens (tertiary/aromatic N) is 1. The summed E-state index contributed by atoms with van der Waals surface area (Å²) in [6, 6.07) is 1.84. The second-order valence-corrected chi connectivity index (χ2v) is 3.75. The Bertz CT molecular complexity index is 224. The number of rotatable bonds is 1. The molecule has 0 radical (unpaired) electrons. The fraction of sp³-hybridized carbons (Fsp3) is 0.571. The summed E-state index contributed by atoms with van der Waals surface area (Å²) in [7, 11) is 0. The minimum atomic E-state index is -0.443. The van der Waals surface area contributed by atoms with Crippen molar-refractivity contribution in [2.45, 2.75) is 25.6 Å². The lowest BCUT2D eigenvalue weighted by Crippen LogP contribution is -2.04. The SMILES string of the molecule is Cc1cc(C(C)(C)Cl)on1. The molecule has 1 heterocycles. The van der Waals surface area contributed by atoms with Gasteiger partial charge in [-0.05, 0) is 20.8 Å². The number of aromatic nitrogens is 1. The summed E-state index contributed by atoms with van der Waals surface area (Å²) in [6.45, 7) is 5.61. The largest absolute Gasteiger partial charge is 0.359 e. The highest BCUT2D eigenvalue weighted by atomic mass is 35.5. The van der Waals surface area contributed by atoms with Crippen molar-refractivity contribution in [1.82, 2.24) is 5.16 Å². The highest BCUT2D eigenvalue weighted by Gasteiger charge is 2.21. The van der Waals surface area contributed by atoms with Gasteiger partial charge in [0.15, 0.2) is 5.76 Å². The second kappa shape index (κ2) is 2.27. The van der Waals surface area contributed by atoms with Crippen molar-refractivity contribution < 1.29 is 4.52 Å². The monoisotopic (exact) mass is 159 g/mol. The van der Waals surface area contributed by atoms with Gasteiger partial charge in [0.05, 0.1) is 10.6 Å². The van der Waals surface area contributed by atoms with Crippen molar-refractivity contribution in [2.24, 2.45) is 0 Å². The Morgan fingerprint density at radius 3 is 2.40 bits per heavy atom. The fourth-order valence-corrected chi connectivity index (χ4v) is 0.733. The van der Waals surface area contributed by atoms with Gasteiger partial charge in [-0.25, -0.2) is 0 Å². The zero-order chi connectivity index (χ0) is 7.78. The Balaban J connectivity index is 2.96. The molecule has 0 spiro atoms. The zero-order valence-electron chi connectivity index (χ0n) is 6.31. The predicted octanol–water partition coefficient (Wildman–Crippen LogP) is 2.46. The van der Waals surface area contributed by atoms with E-state index in [-0.39, 0.29) is 0 Å². The lowest BCUT2D eigenvalue weighted by Gasteiger charge is -2.08. The Morgan fingerprint density at radius 2 is 2.20 bits per heavy atom. The standard InChI is InChI=1S/C7H10ClNO/c1-5-4-6(10-9-5)7(2,3)8/h4H,1-3H3. The molecule has 0 saturated carbocycles. The van der Waals surface area contributed by atoms with Crippen molar-refractivity contribution >= 4 is 11.6 Å². The minimum Gasteiger partial charge on any atom is -0.359 e. The molecular weight excluding hydrogens is 150 g/mol. The maximum absolute atomic E-state index is 5.94. The summed E-state index contributed by atoms with van der Waals surface area (Å²) < 4.78 is 4.95. The van der Waals surface area contributed by atoms with Crippen molar-refractivity contribution in [3.63, 3.8) is 0 Å². The topological polar surface area (TPSA) is 26.0 Å². The first-order valence-electron chi connectivity index (χ1n) is 3.13. The molecule has 0 bridgehead atoms. The van der Waals surface area contributed by atoms with E-state index in [9.17, 15) is 0 Å². The van der Waals surface area contributed by atoms with Crippen LogP contribution < -0.4 is 0 Å². The second-order valence-electron chi connectivity index (χ2n) is 2.80. The number of alkyl halides is 1. The average molecular weight is 160 g/mol. The molecule has 0 aliphatic carbocycles. The van der Waals surface area contributed by atoms with Gasteiger partial charge in [0, 0.05) is 6.07 Å². The molecule has 0 atom stereocenters. The molecule has 1 rings (SSSR count). The molecule has 0 aliphatic rings. The third kappa shape index (κ3) is 1.51. The van der Waals surface area contributed by atoms with Gasteiger partial charge in [-0.2, -0.15) is 0 Å². The van der Waals surface area contributed by atoms with Crippen LogP contribution in [0.2, 0.25) is 0 Å². The van der Waals surface area contributed by atoms with E-state index in [2.05, 4.69) is 5.16 Å². The molecule has 0 fully saturated rings. The van der Waals surface area contributed by atoms with Crippen LogP contribution in [-0.4, -0.2) is 5.16 Å². The van der Waals surface area contributed by atoms with Crippen LogP contribution >= 0.6 is 11.6 Å². The van der Waals surface area contributed by atoms with Crippen LogP contribution in [0.25, 0.3) is 0 Å². The van der Waals surface area contributed by atoms with Crippen molar-refractivity contribution in [2.75, 3.05) is 0 Å². The summed E-state index contributed by atoms with van der Waals surface area (Å²) in [5.41, 5.74) is 0.865. The van der Waals surface area contributed by atoms with E-state index >= 15 is 0 Å². The van der Waals surface area contributed by atoms with Gasteiger partial charge in [-0.15, -0.1) is 11.6 Å². The molecule has 3 heteroatoms. The summed E-state index contributed by atoms with van der Waals surface area (Å²) in [4.78, 5) is -0.443. The molecule has 56 valence electrons. The van der Waals surface area contributed by atoms with Crippen LogP contribution in [0, 0.1) is 6.92 Å². The third-order valence-electron chi connectivity index (χ3n) is 1.21. The van der Waals surface area contributed by atoms with Crippen molar-refractivity contribution in [1.29, 1.82) is 0 Å². The van der Waals surface area contributed by atoms with E-state index in [0.29, 0.717) is 5.76 Å². The average Bonchev–Trinajstić information content (AvgIpc) is 2.11. The first-order valence-corrected chi connectivity index (χ1v) is 3.50. The van der Waals surface area contributed by atoms with E-state index in [1.54, 1.807) is 0 Å². The van der Waals surface area contributed by atoms with E-state index in [1.165, 1.54) is 0 Å². The van der Waals surface area contributed by atoms with Crippen LogP contribution in [0.3, 0.4) is 0 Å². The minimum absolute atomic E-state index is 0.443. The fourth-order valence-electron chi connectivity index (χ4n) is 0.644. The molecule has 0 amide bonds. The van der Waals surface area contributed by atoms with Gasteiger partial charge in [-0.1, -0.05) is 5.16 Å². The predicted molar refractivity (Wildman–Crippen MR) is 40.1 cm³/mol. The van der Waals surface area contributed by atoms with Crippen LogP contribution in [0.15, 0.2) is 10.6 Å². The van der Waals surface area contributed by atoms with Crippen molar-refractivity contribution in [3.05, 3.63) is 17.5 Å². The molecule has 1 aromatic rings. The van der Waals surface area contributed by atoms with E-state index in [1.807, 2.05) is 26.8 Å². The highest BCUT2D eigenvalue weighted by molar-refractivity contribution is 6.23. The quantitative estimate of drug-likeness (QED) is 0.589. The number of hydrogen-bond donors (Lipinski definition) is 0. The van der Waals surface area contributed by atoms with Gasteiger partial charge < -0.3 is 4.52 Å². The molecule has 0 unspecified atom stereocenters. The Kier molecular flexibility index (Phi) is 1.73. The first-order chi connectivity index (χ1) is 4.50. The number of aryl methyl sites for hydroxylation is 1. The summed E-state index contributed by atoms with van der Waals surface area (Å²) in [5, 5.41) is 3.72. The summed E-state index contributed by atoms with van der Waals surface area (Å²) >= 11 is 5.94. The molecule has 0 N–H and O–H groups in total. The molecular formula is C7H10ClNO. The lowest BCUT2D eigenvalue weighted by molar-refractivity contribution is 0.356. The maximum Gasteiger partial charge on any atom is 0.157 e. The van der Waals surface area contributed by atoms with Gasteiger partial charge in [0.25, 0.3) is 0 Å². The molecule has 0 aromatic carbocycles. The molecule has 2 nitrogen and oxygen atoms in total. The van der Waals surface area contributed by atoms with Gasteiger partial charge in [-0.3, -0.25) is 0 Å². The number of hydrogen-bond acceptors (Lipinski definition) is 2. The molecule has 0 aliphatic heterocycles. The van der Waals surface area contributed by atoms with Crippen molar-refractivity contribution in [3.8, 4) is 0 Å². The zero-order valence-corrected chi connectivity index (χ0v) is 7.07. The van der Waals surface area contributed by atoms with E-state index in [4.69, 9.17) is 16.1 Å². The normalized spacial score (nSPS) is 12.0. The first kappa shape index (κ1) is 7.61.